The first-order chi connectivity index (χ1) is 8.06. The van der Waals surface area contributed by atoms with Crippen LogP contribution >= 0.6 is 27.3 Å². The number of rotatable bonds is 5. The molecule has 1 rings (SSSR count). The molecule has 1 aromatic heterocycles. The summed E-state index contributed by atoms with van der Waals surface area (Å²) in [5.41, 5.74) is 0. The van der Waals surface area contributed by atoms with E-state index in [9.17, 15) is 26.0 Å². The highest BCUT2D eigenvalue weighted by Crippen LogP contribution is 2.30. The molecule has 0 fully saturated rings. The first-order valence-corrected chi connectivity index (χ1v) is 7.57. The average Bonchev–Trinajstić information content (AvgIpc) is 2.56. The molecule has 0 aliphatic carbocycles. The molecule has 104 valence electrons. The number of hydrogen-bond donors (Lipinski definition) is 1. The van der Waals surface area contributed by atoms with Crippen LogP contribution in [0.1, 0.15) is 4.88 Å². The van der Waals surface area contributed by atoms with Crippen molar-refractivity contribution in [2.24, 2.45) is 0 Å². The molecule has 1 N–H and O–H groups in total. The van der Waals surface area contributed by atoms with E-state index in [2.05, 4.69) is 15.9 Å². The number of nitrogens with one attached hydrogen (secondary N) is 1. The fraction of sp³-hybridized carbons (Fsp3) is 0.500. The van der Waals surface area contributed by atoms with Gasteiger partial charge in [0.25, 0.3) is 0 Å². The van der Waals surface area contributed by atoms with Crippen LogP contribution in [-0.4, -0.2) is 27.3 Å². The number of hydrogen-bond acceptors (Lipinski definition) is 3. The van der Waals surface area contributed by atoms with Crippen LogP contribution in [0.2, 0.25) is 0 Å². The lowest BCUT2D eigenvalue weighted by Gasteiger charge is -2.15. The van der Waals surface area contributed by atoms with Crippen molar-refractivity contribution in [3.05, 3.63) is 14.7 Å². The lowest BCUT2D eigenvalue weighted by molar-refractivity contribution is -0.122. The number of halogens is 5. The van der Waals surface area contributed by atoms with Crippen molar-refractivity contribution in [3.8, 4) is 0 Å². The Balaban J connectivity index is 2.88. The predicted molar refractivity (Wildman–Crippen MR) is 62.9 cm³/mol. The zero-order valence-corrected chi connectivity index (χ0v) is 12.1. The van der Waals surface area contributed by atoms with Gasteiger partial charge in [0.1, 0.15) is 0 Å². The number of alkyl halides is 4. The summed E-state index contributed by atoms with van der Waals surface area (Å²) >= 11 is 4.15. The normalized spacial score (nSPS) is 13.3. The molecule has 0 aromatic carbocycles. The molecular weight excluding hydrogens is 362 g/mol. The first-order valence-electron chi connectivity index (χ1n) is 4.48. The summed E-state index contributed by atoms with van der Waals surface area (Å²) in [5.74, 6) is -4.39. The highest BCUT2D eigenvalue weighted by Gasteiger charge is 2.41. The largest absolute Gasteiger partial charge is 0.320 e. The maximum absolute atomic E-state index is 12.6. The van der Waals surface area contributed by atoms with Crippen LogP contribution in [0.4, 0.5) is 17.6 Å². The minimum atomic E-state index is -4.39. The van der Waals surface area contributed by atoms with Crippen molar-refractivity contribution in [2.45, 2.75) is 24.2 Å². The van der Waals surface area contributed by atoms with Crippen molar-refractivity contribution in [1.82, 2.24) is 4.72 Å². The molecular formula is C8H8BrF4NO2S2. The van der Waals surface area contributed by atoms with Gasteiger partial charge in [0.05, 0.1) is 15.2 Å². The van der Waals surface area contributed by atoms with Gasteiger partial charge in [0, 0.05) is 4.88 Å². The number of sulfonamides is 1. The summed E-state index contributed by atoms with van der Waals surface area (Å²) < 4.78 is 74.2. The summed E-state index contributed by atoms with van der Waals surface area (Å²) in [5, 5.41) is 0. The number of aryl methyl sites for hydroxylation is 1. The van der Waals surface area contributed by atoms with Gasteiger partial charge in [-0.3, -0.25) is 0 Å². The third-order valence-electron chi connectivity index (χ3n) is 1.95. The molecule has 3 nitrogen and oxygen atoms in total. The first kappa shape index (κ1) is 15.9. The van der Waals surface area contributed by atoms with Gasteiger partial charge in [-0.2, -0.15) is 8.78 Å². The summed E-state index contributed by atoms with van der Waals surface area (Å²) in [7, 11) is -4.22. The molecule has 0 radical (unpaired) electrons. The lowest BCUT2D eigenvalue weighted by atomic mass is 10.4. The quantitative estimate of drug-likeness (QED) is 0.811. The molecule has 0 aliphatic heterocycles. The van der Waals surface area contributed by atoms with E-state index in [1.54, 1.807) is 0 Å². The molecule has 10 heteroatoms. The van der Waals surface area contributed by atoms with Gasteiger partial charge >= 0.3 is 12.3 Å². The van der Waals surface area contributed by atoms with Crippen molar-refractivity contribution in [2.75, 3.05) is 6.54 Å². The van der Waals surface area contributed by atoms with Crippen molar-refractivity contribution in [1.29, 1.82) is 0 Å². The second-order valence-electron chi connectivity index (χ2n) is 3.36. The molecule has 1 aromatic rings. The van der Waals surface area contributed by atoms with E-state index in [4.69, 9.17) is 0 Å². The van der Waals surface area contributed by atoms with Crippen molar-refractivity contribution >= 4 is 37.3 Å². The smallest absolute Gasteiger partial charge is 0.207 e. The van der Waals surface area contributed by atoms with Crippen LogP contribution < -0.4 is 4.72 Å². The molecule has 1 heterocycles. The summed E-state index contributed by atoms with van der Waals surface area (Å²) in [6.07, 6.45) is -3.92. The predicted octanol–water partition coefficient (Wildman–Crippen LogP) is 3.00. The highest BCUT2D eigenvalue weighted by molar-refractivity contribution is 9.11. The standard InChI is InChI=1S/C8H8BrF4NO2S2/c1-4-5(2-6(9)17-4)18(15,16)14-3-8(12,13)7(10)11/h2,7,14H,3H2,1H3. The average molecular weight is 370 g/mol. The minimum absolute atomic E-state index is 0.204. The maximum atomic E-state index is 12.6. The second-order valence-corrected chi connectivity index (χ2v) is 7.73. The lowest BCUT2D eigenvalue weighted by Crippen LogP contribution is -2.41. The fourth-order valence-corrected chi connectivity index (χ4v) is 4.50. The molecule has 0 bridgehead atoms. The van der Waals surface area contributed by atoms with Crippen LogP contribution in [0, 0.1) is 6.92 Å². The minimum Gasteiger partial charge on any atom is -0.207 e. The number of thiophene rings is 1. The third-order valence-corrected chi connectivity index (χ3v) is 5.16. The van der Waals surface area contributed by atoms with E-state index in [0.29, 0.717) is 8.66 Å². The molecule has 18 heavy (non-hydrogen) atoms. The fourth-order valence-electron chi connectivity index (χ4n) is 1.04. The van der Waals surface area contributed by atoms with Crippen LogP contribution in [0.25, 0.3) is 0 Å². The van der Waals surface area contributed by atoms with Crippen LogP contribution in [0.5, 0.6) is 0 Å². The molecule has 0 aliphatic rings. The van der Waals surface area contributed by atoms with E-state index < -0.39 is 28.9 Å². The van der Waals surface area contributed by atoms with Gasteiger partial charge in [-0.05, 0) is 28.9 Å². The van der Waals surface area contributed by atoms with E-state index >= 15 is 0 Å². The summed E-state index contributed by atoms with van der Waals surface area (Å²) in [4.78, 5) is 0.166. The molecule has 0 unspecified atom stereocenters. The third kappa shape index (κ3) is 3.65. The van der Waals surface area contributed by atoms with E-state index in [0.717, 1.165) is 11.3 Å². The molecule has 0 atom stereocenters. The Morgan fingerprint density at radius 2 is 2.06 bits per heavy atom. The van der Waals surface area contributed by atoms with Gasteiger partial charge in [0.2, 0.25) is 10.0 Å². The Morgan fingerprint density at radius 3 is 2.44 bits per heavy atom. The highest BCUT2D eigenvalue weighted by atomic mass is 79.9. The summed E-state index contributed by atoms with van der Waals surface area (Å²) in [6.45, 7) is -0.158. The zero-order chi connectivity index (χ0) is 14.1. The molecule has 0 saturated heterocycles. The van der Waals surface area contributed by atoms with Gasteiger partial charge < -0.3 is 0 Å². The van der Waals surface area contributed by atoms with Gasteiger partial charge in [-0.15, -0.1) is 11.3 Å². The van der Waals surface area contributed by atoms with E-state index in [1.807, 2.05) is 0 Å². The Labute approximate surface area is 113 Å². The Bertz CT molecular complexity index is 529. The monoisotopic (exact) mass is 369 g/mol. The van der Waals surface area contributed by atoms with Crippen LogP contribution in [-0.2, 0) is 10.0 Å². The Morgan fingerprint density at radius 1 is 1.50 bits per heavy atom. The van der Waals surface area contributed by atoms with Gasteiger partial charge in [-0.1, -0.05) is 0 Å². The van der Waals surface area contributed by atoms with Gasteiger partial charge in [0.15, 0.2) is 0 Å². The molecule has 0 amide bonds. The zero-order valence-electron chi connectivity index (χ0n) is 8.88. The molecule has 0 spiro atoms. The maximum Gasteiger partial charge on any atom is 0.320 e. The van der Waals surface area contributed by atoms with Crippen molar-refractivity contribution in [3.63, 3.8) is 0 Å². The SMILES string of the molecule is Cc1sc(Br)cc1S(=O)(=O)NCC(F)(F)C(F)F. The topological polar surface area (TPSA) is 46.2 Å². The van der Waals surface area contributed by atoms with E-state index in [1.165, 1.54) is 17.7 Å². The van der Waals surface area contributed by atoms with Crippen molar-refractivity contribution < 1.29 is 26.0 Å². The van der Waals surface area contributed by atoms with Crippen LogP contribution in [0.3, 0.4) is 0 Å². The second kappa shape index (κ2) is 5.43. The van der Waals surface area contributed by atoms with E-state index in [-0.39, 0.29) is 4.90 Å². The van der Waals surface area contributed by atoms with Gasteiger partial charge in [-0.25, -0.2) is 21.9 Å². The Hall–Kier alpha value is -0.190. The Kier molecular flexibility index (Phi) is 4.79. The van der Waals surface area contributed by atoms with Crippen LogP contribution in [0.15, 0.2) is 14.7 Å². The molecule has 0 saturated carbocycles. The summed E-state index contributed by atoms with van der Waals surface area (Å²) in [6, 6.07) is 1.23.